The number of H-pyrrole nitrogens is 1. The van der Waals surface area contributed by atoms with Gasteiger partial charge in [0, 0.05) is 57.6 Å². The molecule has 0 bridgehead atoms. The first-order chi connectivity index (χ1) is 35.5. The Kier molecular flexibility index (Phi) is 21.9. The summed E-state index contributed by atoms with van der Waals surface area (Å²) in [6.45, 7) is 2.99. The van der Waals surface area contributed by atoms with E-state index in [0.717, 1.165) is 10.8 Å². The lowest BCUT2D eigenvalue weighted by Gasteiger charge is -2.28. The number of fused-ring (bicyclic) bond motifs is 1. The van der Waals surface area contributed by atoms with E-state index in [1.807, 2.05) is 43.3 Å². The number of primary amides is 1. The highest BCUT2D eigenvalue weighted by molar-refractivity contribution is 5.98. The number of aliphatic imine (C=N–C) groups is 1. The normalized spacial score (nSPS) is 20.0. The van der Waals surface area contributed by atoms with Crippen molar-refractivity contribution in [2.24, 2.45) is 22.2 Å². The minimum atomic E-state index is -1.44. The number of benzene rings is 3. The molecule has 1 aromatic heterocycles. The van der Waals surface area contributed by atoms with Crippen molar-refractivity contribution in [3.63, 3.8) is 0 Å². The maximum atomic E-state index is 14.6. The highest BCUT2D eigenvalue weighted by atomic mass is 16.2. The number of guanidine groups is 1. The second-order valence-corrected chi connectivity index (χ2v) is 18.1. The number of amides is 9. The largest absolute Gasteiger partial charge is 0.370 e. The quantitative estimate of drug-likeness (QED) is 0.0307. The van der Waals surface area contributed by atoms with Crippen LogP contribution in [0.15, 0.2) is 90.3 Å². The molecule has 0 saturated carbocycles. The molecule has 396 valence electrons. The van der Waals surface area contributed by atoms with Gasteiger partial charge in [0.05, 0.1) is 6.33 Å². The molecule has 0 aliphatic carbocycles. The summed E-state index contributed by atoms with van der Waals surface area (Å²) in [6, 6.07) is 12.6. The third-order valence-corrected chi connectivity index (χ3v) is 12.2. The van der Waals surface area contributed by atoms with Gasteiger partial charge in [-0.2, -0.15) is 0 Å². The van der Waals surface area contributed by atoms with Gasteiger partial charge in [-0.05, 0) is 54.0 Å². The second-order valence-electron chi connectivity index (χ2n) is 18.1. The van der Waals surface area contributed by atoms with Crippen molar-refractivity contribution in [1.29, 1.82) is 0 Å². The molecule has 1 saturated heterocycles. The van der Waals surface area contributed by atoms with E-state index < -0.39 is 95.5 Å². The molecule has 1 fully saturated rings. The third-order valence-electron chi connectivity index (χ3n) is 12.2. The zero-order chi connectivity index (χ0) is 53.6. The lowest BCUT2D eigenvalue weighted by Crippen LogP contribution is -2.60. The number of nitrogens with one attached hydrogen (secondary N) is 9. The molecular formula is C51H68N14O9. The molecule has 15 N–H and O–H groups in total. The van der Waals surface area contributed by atoms with Crippen molar-refractivity contribution in [2.45, 2.75) is 127 Å². The van der Waals surface area contributed by atoms with Gasteiger partial charge < -0.3 is 64.7 Å². The predicted molar refractivity (Wildman–Crippen MR) is 275 cm³/mol. The fourth-order valence-corrected chi connectivity index (χ4v) is 8.29. The number of imidazole rings is 1. The van der Waals surface area contributed by atoms with Crippen LogP contribution in [0.2, 0.25) is 0 Å². The highest BCUT2D eigenvalue weighted by Crippen LogP contribution is 2.17. The zero-order valence-electron chi connectivity index (χ0n) is 41.6. The summed E-state index contributed by atoms with van der Waals surface area (Å²) < 4.78 is 0. The maximum absolute atomic E-state index is 14.6. The summed E-state index contributed by atoms with van der Waals surface area (Å²) in [4.78, 5) is 135. The number of carbonyl (C=O) groups excluding carboxylic acids is 9. The first kappa shape index (κ1) is 56.5. The van der Waals surface area contributed by atoms with E-state index in [1.165, 1.54) is 19.4 Å². The van der Waals surface area contributed by atoms with Gasteiger partial charge in [0.2, 0.25) is 53.2 Å². The SMILES string of the molecule is CCCCC(NC(C)=O)C(=O)NC1CCC(=O)NCCC(C(=O)NC(Cc2ccc3ccccc3c2)C(N)=O)NC(=O)C(CCCN=C(N)N)NC(=O)C(Cc2ccccc2)NC(=O)C(Cc2cnc[nH]2)NC1=O. The number of hydrogen-bond acceptors (Lipinski definition) is 11. The second kappa shape index (κ2) is 28.6. The Hall–Kier alpha value is -8.37. The van der Waals surface area contributed by atoms with E-state index in [1.54, 1.807) is 36.4 Å². The minimum absolute atomic E-state index is 0.000495. The van der Waals surface area contributed by atoms with Crippen molar-refractivity contribution < 1.29 is 43.2 Å². The first-order valence-electron chi connectivity index (χ1n) is 24.7. The van der Waals surface area contributed by atoms with E-state index in [0.29, 0.717) is 29.7 Å². The van der Waals surface area contributed by atoms with Crippen LogP contribution < -0.4 is 59.7 Å². The molecule has 2 heterocycles. The van der Waals surface area contributed by atoms with E-state index in [2.05, 4.69) is 57.5 Å². The summed E-state index contributed by atoms with van der Waals surface area (Å²) in [5.74, 6) is -7.02. The van der Waals surface area contributed by atoms with E-state index in [-0.39, 0.29) is 76.8 Å². The smallest absolute Gasteiger partial charge is 0.243 e. The number of nitrogens with two attached hydrogens (primary N) is 3. The van der Waals surface area contributed by atoms with E-state index in [4.69, 9.17) is 17.2 Å². The topological polar surface area (TPSA) is 369 Å². The van der Waals surface area contributed by atoms with E-state index in [9.17, 15) is 43.2 Å². The Bertz CT molecular complexity index is 2610. The molecular weight excluding hydrogens is 953 g/mol. The average Bonchev–Trinajstić information content (AvgIpc) is 3.89. The van der Waals surface area contributed by atoms with Crippen molar-refractivity contribution >= 4 is 69.9 Å². The molecule has 74 heavy (non-hydrogen) atoms. The molecule has 23 nitrogen and oxygen atoms in total. The van der Waals surface area contributed by atoms with Crippen LogP contribution in [0, 0.1) is 0 Å². The highest BCUT2D eigenvalue weighted by Gasteiger charge is 2.35. The summed E-state index contributed by atoms with van der Waals surface area (Å²) in [6.07, 6.45) is 3.28. The van der Waals surface area contributed by atoms with Gasteiger partial charge in [-0.25, -0.2) is 4.98 Å². The molecule has 0 radical (unpaired) electrons. The van der Waals surface area contributed by atoms with Crippen molar-refractivity contribution in [3.05, 3.63) is 102 Å². The summed E-state index contributed by atoms with van der Waals surface area (Å²) in [7, 11) is 0. The van der Waals surface area contributed by atoms with Crippen LogP contribution >= 0.6 is 0 Å². The van der Waals surface area contributed by atoms with Gasteiger partial charge in [-0.1, -0.05) is 92.6 Å². The number of rotatable bonds is 19. The van der Waals surface area contributed by atoms with E-state index >= 15 is 0 Å². The molecule has 7 unspecified atom stereocenters. The average molecular weight is 1020 g/mol. The van der Waals surface area contributed by atoms with Gasteiger partial charge in [0.1, 0.15) is 42.3 Å². The Labute approximate surface area is 428 Å². The van der Waals surface area contributed by atoms with Crippen molar-refractivity contribution in [1.82, 2.24) is 52.5 Å². The number of hydrogen-bond donors (Lipinski definition) is 12. The monoisotopic (exact) mass is 1020 g/mol. The molecule has 1 aliphatic heterocycles. The maximum Gasteiger partial charge on any atom is 0.243 e. The third kappa shape index (κ3) is 18.3. The summed E-state index contributed by atoms with van der Waals surface area (Å²) >= 11 is 0. The van der Waals surface area contributed by atoms with Gasteiger partial charge in [0.15, 0.2) is 5.96 Å². The molecule has 9 amide bonds. The van der Waals surface area contributed by atoms with Crippen LogP contribution in [-0.2, 0) is 62.4 Å². The minimum Gasteiger partial charge on any atom is -0.370 e. The van der Waals surface area contributed by atoms with Gasteiger partial charge in [-0.15, -0.1) is 0 Å². The number of unbranched alkanes of at least 4 members (excludes halogenated alkanes) is 1. The zero-order valence-corrected chi connectivity index (χ0v) is 41.6. The van der Waals surface area contributed by atoms with Crippen LogP contribution in [-0.4, -0.2) is 124 Å². The first-order valence-corrected chi connectivity index (χ1v) is 24.7. The van der Waals surface area contributed by atoms with Crippen LogP contribution in [0.1, 0.15) is 82.0 Å². The van der Waals surface area contributed by atoms with Gasteiger partial charge >= 0.3 is 0 Å². The standard InChI is InChI=1S/C51H68N14O9/c1-3-4-15-36(59-30(2)66)45(69)61-38-19-20-43(67)56-23-21-39(48(72)63-40(44(52)68)26-32-17-18-33-13-8-9-14-34(33)24-32)62-46(70)37(16-10-22-57-51(53)54)60-49(73)41(25-31-11-6-5-7-12-31)64-50(74)42(65-47(38)71)27-35-28-55-29-58-35/h5-9,11-14,17-18,24,28-29,36-42H,3-4,10,15-16,19-23,25-27H2,1-2H3,(H2,52,68)(H,55,58)(H,56,67)(H,59,66)(H,60,73)(H,61,69)(H,62,70)(H,63,72)(H,64,74)(H,65,71)(H4,53,54,57). The van der Waals surface area contributed by atoms with Gasteiger partial charge in [0.25, 0.3) is 0 Å². The van der Waals surface area contributed by atoms with Crippen LogP contribution in [0.5, 0.6) is 0 Å². The Morgan fingerprint density at radius 3 is 2.09 bits per heavy atom. The summed E-state index contributed by atoms with van der Waals surface area (Å²) in [5, 5.41) is 23.4. The van der Waals surface area contributed by atoms with Crippen molar-refractivity contribution in [2.75, 3.05) is 13.1 Å². The molecule has 4 aromatic rings. The Balaban J connectivity index is 1.52. The molecule has 1 aliphatic rings. The predicted octanol–water partition coefficient (Wildman–Crippen LogP) is -0.967. The van der Waals surface area contributed by atoms with Crippen LogP contribution in [0.3, 0.4) is 0 Å². The molecule has 23 heteroatoms. The van der Waals surface area contributed by atoms with Crippen LogP contribution in [0.4, 0.5) is 0 Å². The molecule has 7 atom stereocenters. The number of nitrogens with zero attached hydrogens (tertiary/aromatic N) is 2. The Morgan fingerprint density at radius 1 is 0.743 bits per heavy atom. The molecule has 3 aromatic carbocycles. The van der Waals surface area contributed by atoms with Crippen LogP contribution in [0.25, 0.3) is 10.8 Å². The molecule has 0 spiro atoms. The fraction of sp³-hybridized carbons (Fsp3) is 0.431. The number of aromatic nitrogens is 2. The van der Waals surface area contributed by atoms with Gasteiger partial charge in [-0.3, -0.25) is 48.1 Å². The Morgan fingerprint density at radius 2 is 1.42 bits per heavy atom. The lowest BCUT2D eigenvalue weighted by molar-refractivity contribution is -0.135. The number of carbonyl (C=O) groups is 9. The summed E-state index contributed by atoms with van der Waals surface area (Å²) in [5.41, 5.74) is 18.7. The molecule has 5 rings (SSSR count). The lowest BCUT2D eigenvalue weighted by atomic mass is 10.0. The fourth-order valence-electron chi connectivity index (χ4n) is 8.29. The van der Waals surface area contributed by atoms with Crippen molar-refractivity contribution in [3.8, 4) is 0 Å². The number of aromatic amines is 1.